The number of rotatable bonds is 0. The minimum Gasteiger partial charge on any atom is -0.446 e. The molecule has 1 fully saturated rings. The lowest BCUT2D eigenvalue weighted by molar-refractivity contribution is -0.144. The van der Waals surface area contributed by atoms with Gasteiger partial charge in [0.2, 0.25) is 0 Å². The summed E-state index contributed by atoms with van der Waals surface area (Å²) in [6, 6.07) is 0. The van der Waals surface area contributed by atoms with E-state index in [4.69, 9.17) is 16.3 Å². The van der Waals surface area contributed by atoms with Gasteiger partial charge in [-0.2, -0.15) is 0 Å². The van der Waals surface area contributed by atoms with Gasteiger partial charge in [0.05, 0.1) is 0 Å². The largest absolute Gasteiger partial charge is 0.446 e. The summed E-state index contributed by atoms with van der Waals surface area (Å²) in [5.74, 6) is 0.313. The number of halogens is 1. The van der Waals surface area contributed by atoms with Crippen LogP contribution in [0, 0.1) is 11.3 Å². The topological polar surface area (TPSA) is 26.3 Å². The van der Waals surface area contributed by atoms with Crippen molar-refractivity contribution in [1.82, 2.24) is 0 Å². The molecule has 2 atom stereocenters. The lowest BCUT2D eigenvalue weighted by Gasteiger charge is -2.29. The van der Waals surface area contributed by atoms with Crippen LogP contribution in [0.5, 0.6) is 0 Å². The molecule has 76 valence electrons. The van der Waals surface area contributed by atoms with Gasteiger partial charge in [0.1, 0.15) is 0 Å². The zero-order valence-electron chi connectivity index (χ0n) is 8.47. The molecule has 0 amide bonds. The van der Waals surface area contributed by atoms with Crippen molar-refractivity contribution in [3.8, 4) is 0 Å². The van der Waals surface area contributed by atoms with Crippen LogP contribution in [-0.2, 0) is 9.53 Å². The maximum atomic E-state index is 11.1. The molecule has 1 aliphatic rings. The molecule has 2 nitrogen and oxygen atoms in total. The second-order valence-corrected chi connectivity index (χ2v) is 5.22. The molecule has 0 aliphatic carbocycles. The van der Waals surface area contributed by atoms with Crippen LogP contribution in [-0.4, -0.2) is 11.5 Å². The van der Waals surface area contributed by atoms with Gasteiger partial charge in [-0.25, -0.2) is 0 Å². The fourth-order valence-electron chi connectivity index (χ4n) is 1.67. The third-order valence-corrected chi connectivity index (χ3v) is 2.92. The summed E-state index contributed by atoms with van der Waals surface area (Å²) in [5, 5.41) is 0. The van der Waals surface area contributed by atoms with E-state index in [1.165, 1.54) is 0 Å². The first-order valence-electron chi connectivity index (χ1n) is 4.73. The Kier molecular flexibility index (Phi) is 3.23. The van der Waals surface area contributed by atoms with Crippen LogP contribution in [0.2, 0.25) is 0 Å². The molecule has 0 aromatic carbocycles. The van der Waals surface area contributed by atoms with Crippen LogP contribution in [0.3, 0.4) is 0 Å². The Morgan fingerprint density at radius 2 is 2.08 bits per heavy atom. The van der Waals surface area contributed by atoms with Crippen molar-refractivity contribution in [2.45, 2.75) is 45.6 Å². The summed E-state index contributed by atoms with van der Waals surface area (Å²) in [6.45, 7) is 6.53. The number of hydrogen-bond donors (Lipinski definition) is 0. The van der Waals surface area contributed by atoms with Crippen molar-refractivity contribution in [3.63, 3.8) is 0 Å². The van der Waals surface area contributed by atoms with E-state index < -0.39 is 5.56 Å². The van der Waals surface area contributed by atoms with Gasteiger partial charge in [0, 0.05) is 12.8 Å². The average Bonchev–Trinajstić information content (AvgIpc) is 2.09. The summed E-state index contributed by atoms with van der Waals surface area (Å²) in [6.07, 6.45) is 2.17. The molecule has 0 spiro atoms. The Hall–Kier alpha value is -0.240. The van der Waals surface area contributed by atoms with Gasteiger partial charge in [0.25, 0.3) is 0 Å². The Bertz CT molecular complexity index is 196. The van der Waals surface area contributed by atoms with E-state index in [1.807, 2.05) is 0 Å². The van der Waals surface area contributed by atoms with Crippen LogP contribution < -0.4 is 0 Å². The smallest absolute Gasteiger partial charge is 0.307 e. The van der Waals surface area contributed by atoms with Gasteiger partial charge >= 0.3 is 5.97 Å². The molecule has 1 heterocycles. The molecular formula is C10H17ClO2. The number of cyclic esters (lactones) is 1. The van der Waals surface area contributed by atoms with Crippen molar-refractivity contribution >= 4 is 17.6 Å². The first kappa shape index (κ1) is 10.8. The van der Waals surface area contributed by atoms with Crippen LogP contribution >= 0.6 is 11.6 Å². The van der Waals surface area contributed by atoms with E-state index in [-0.39, 0.29) is 11.4 Å². The fourth-order valence-corrected chi connectivity index (χ4v) is 1.98. The first-order valence-corrected chi connectivity index (χ1v) is 5.17. The van der Waals surface area contributed by atoms with Gasteiger partial charge < -0.3 is 4.74 Å². The SMILES string of the molecule is CC(C)(C)[C@H]1CCC(=O)O[C@H](Cl)C1. The Morgan fingerprint density at radius 3 is 2.62 bits per heavy atom. The molecule has 0 bridgehead atoms. The number of carbonyl (C=O) groups is 1. The normalized spacial score (nSPS) is 30.9. The summed E-state index contributed by atoms with van der Waals surface area (Å²) in [4.78, 5) is 11.1. The third-order valence-electron chi connectivity index (χ3n) is 2.65. The van der Waals surface area contributed by atoms with Crippen molar-refractivity contribution < 1.29 is 9.53 Å². The van der Waals surface area contributed by atoms with Gasteiger partial charge in [-0.1, -0.05) is 32.4 Å². The van der Waals surface area contributed by atoms with Gasteiger partial charge in [-0.15, -0.1) is 0 Å². The first-order chi connectivity index (χ1) is 5.89. The minimum atomic E-state index is -0.431. The van der Waals surface area contributed by atoms with E-state index in [2.05, 4.69) is 20.8 Å². The van der Waals surface area contributed by atoms with Crippen molar-refractivity contribution in [1.29, 1.82) is 0 Å². The molecule has 0 aromatic rings. The molecule has 13 heavy (non-hydrogen) atoms. The Morgan fingerprint density at radius 1 is 1.46 bits per heavy atom. The summed E-state index contributed by atoms with van der Waals surface area (Å²) >= 11 is 5.87. The number of ether oxygens (including phenoxy) is 1. The van der Waals surface area contributed by atoms with E-state index >= 15 is 0 Å². The minimum absolute atomic E-state index is 0.160. The van der Waals surface area contributed by atoms with Gasteiger partial charge in [-0.3, -0.25) is 4.79 Å². The van der Waals surface area contributed by atoms with Crippen molar-refractivity contribution in [3.05, 3.63) is 0 Å². The van der Waals surface area contributed by atoms with Crippen molar-refractivity contribution in [2.24, 2.45) is 11.3 Å². The summed E-state index contributed by atoms with van der Waals surface area (Å²) in [5.41, 5.74) is -0.222. The predicted octanol–water partition coefficient (Wildman–Crippen LogP) is 2.94. The highest BCUT2D eigenvalue weighted by Gasteiger charge is 2.31. The molecule has 1 rings (SSSR count). The van der Waals surface area contributed by atoms with Crippen LogP contribution in [0.1, 0.15) is 40.0 Å². The predicted molar refractivity (Wildman–Crippen MR) is 52.5 cm³/mol. The van der Waals surface area contributed by atoms with E-state index in [0.29, 0.717) is 12.3 Å². The molecule has 1 saturated heterocycles. The van der Waals surface area contributed by atoms with Gasteiger partial charge in [0.15, 0.2) is 5.56 Å². The Labute approximate surface area is 84.6 Å². The van der Waals surface area contributed by atoms with E-state index in [9.17, 15) is 4.79 Å². The van der Waals surface area contributed by atoms with Crippen LogP contribution in [0.4, 0.5) is 0 Å². The highest BCUT2D eigenvalue weighted by molar-refractivity contribution is 6.20. The monoisotopic (exact) mass is 204 g/mol. The summed E-state index contributed by atoms with van der Waals surface area (Å²) in [7, 11) is 0. The quantitative estimate of drug-likeness (QED) is 0.448. The maximum absolute atomic E-state index is 11.1. The highest BCUT2D eigenvalue weighted by Crippen LogP contribution is 2.36. The molecule has 3 heteroatoms. The molecule has 0 N–H and O–H groups in total. The molecule has 0 radical (unpaired) electrons. The molecule has 0 saturated carbocycles. The standard InChI is InChI=1S/C10H17ClO2/c1-10(2,3)7-4-5-9(12)13-8(11)6-7/h7-8H,4-6H2,1-3H3/t7-,8-/m0/s1. The van der Waals surface area contributed by atoms with Gasteiger partial charge in [-0.05, 0) is 17.8 Å². The maximum Gasteiger partial charge on any atom is 0.307 e. The zero-order chi connectivity index (χ0) is 10.1. The molecular weight excluding hydrogens is 188 g/mol. The number of alkyl halides is 1. The molecule has 0 unspecified atom stereocenters. The second-order valence-electron chi connectivity index (χ2n) is 4.74. The zero-order valence-corrected chi connectivity index (χ0v) is 9.23. The highest BCUT2D eigenvalue weighted by atomic mass is 35.5. The average molecular weight is 205 g/mol. The van der Waals surface area contributed by atoms with E-state index in [0.717, 1.165) is 12.8 Å². The number of hydrogen-bond acceptors (Lipinski definition) is 2. The van der Waals surface area contributed by atoms with Crippen molar-refractivity contribution in [2.75, 3.05) is 0 Å². The Balaban J connectivity index is 2.63. The third kappa shape index (κ3) is 3.18. The number of esters is 1. The van der Waals surface area contributed by atoms with Crippen LogP contribution in [0.25, 0.3) is 0 Å². The van der Waals surface area contributed by atoms with E-state index in [1.54, 1.807) is 0 Å². The number of carbonyl (C=O) groups excluding carboxylic acids is 1. The lowest BCUT2D eigenvalue weighted by Crippen LogP contribution is -2.22. The lowest BCUT2D eigenvalue weighted by atomic mass is 9.76. The fraction of sp³-hybridized carbons (Fsp3) is 0.900. The summed E-state index contributed by atoms with van der Waals surface area (Å²) < 4.78 is 4.96. The van der Waals surface area contributed by atoms with Crippen LogP contribution in [0.15, 0.2) is 0 Å². The second kappa shape index (κ2) is 3.87. The molecule has 0 aromatic heterocycles. The molecule has 1 aliphatic heterocycles.